The predicted molar refractivity (Wildman–Crippen MR) is 77.2 cm³/mol. The van der Waals surface area contributed by atoms with Crippen molar-refractivity contribution in [3.05, 3.63) is 38.1 Å². The summed E-state index contributed by atoms with van der Waals surface area (Å²) in [5, 5.41) is 17.0. The Hall–Kier alpha value is -0.470. The zero-order valence-electron chi connectivity index (χ0n) is 8.98. The Balaban J connectivity index is 2.27. The highest BCUT2D eigenvalue weighted by molar-refractivity contribution is 14.1. The van der Waals surface area contributed by atoms with Crippen molar-refractivity contribution in [3.63, 3.8) is 0 Å². The second kappa shape index (κ2) is 5.92. The van der Waals surface area contributed by atoms with Crippen molar-refractivity contribution in [1.82, 2.24) is 15.0 Å². The van der Waals surface area contributed by atoms with Gasteiger partial charge in [0.15, 0.2) is 0 Å². The van der Waals surface area contributed by atoms with Gasteiger partial charge in [0, 0.05) is 14.6 Å². The molecule has 0 aliphatic rings. The Morgan fingerprint density at radius 3 is 3.00 bits per heavy atom. The third-order valence-corrected chi connectivity index (χ3v) is 3.69. The van der Waals surface area contributed by atoms with Gasteiger partial charge in [-0.2, -0.15) is 0 Å². The molecule has 0 aliphatic heterocycles. The average Bonchev–Trinajstić information content (AvgIpc) is 2.78. The molecule has 0 radical (unpaired) electrons. The van der Waals surface area contributed by atoms with Crippen LogP contribution in [0.4, 0.5) is 0 Å². The summed E-state index contributed by atoms with van der Waals surface area (Å²) in [5.74, 6) is 0. The molecule has 0 fully saturated rings. The highest BCUT2D eigenvalue weighted by Crippen LogP contribution is 2.21. The number of halogens is 2. The summed E-state index contributed by atoms with van der Waals surface area (Å²) in [7, 11) is 0. The highest BCUT2D eigenvalue weighted by atomic mass is 127. The van der Waals surface area contributed by atoms with Crippen LogP contribution in [0.25, 0.3) is 5.69 Å². The first kappa shape index (κ1) is 13.0. The number of nitrogens with zero attached hydrogens (tertiary/aromatic N) is 3. The Morgan fingerprint density at radius 2 is 2.24 bits per heavy atom. The standard InChI is InChI=1S/C11H11BrIN3O/c12-8-3-4-10(13)11(6-8)16-7-9(14-15-16)2-1-5-17/h3-4,6-7,17H,1-2,5H2. The Bertz CT molecular complexity index is 515. The topological polar surface area (TPSA) is 50.9 Å². The number of aryl methyl sites for hydroxylation is 1. The molecule has 1 aromatic heterocycles. The van der Waals surface area contributed by atoms with Gasteiger partial charge in [0.05, 0.1) is 17.6 Å². The monoisotopic (exact) mass is 407 g/mol. The van der Waals surface area contributed by atoms with Crippen LogP contribution in [0.2, 0.25) is 0 Å². The van der Waals surface area contributed by atoms with Crippen molar-refractivity contribution in [2.75, 3.05) is 6.61 Å². The molecule has 0 atom stereocenters. The number of benzene rings is 1. The van der Waals surface area contributed by atoms with Crippen LogP contribution in [0.1, 0.15) is 12.1 Å². The van der Waals surface area contributed by atoms with Crippen molar-refractivity contribution in [2.45, 2.75) is 12.8 Å². The van der Waals surface area contributed by atoms with Gasteiger partial charge in [-0.3, -0.25) is 0 Å². The van der Waals surface area contributed by atoms with E-state index in [1.165, 1.54) is 0 Å². The van der Waals surface area contributed by atoms with E-state index in [1.807, 2.05) is 24.4 Å². The fourth-order valence-electron chi connectivity index (χ4n) is 1.45. The number of hydrogen-bond acceptors (Lipinski definition) is 3. The molecule has 6 heteroatoms. The lowest BCUT2D eigenvalue weighted by Crippen LogP contribution is -1.97. The molecule has 0 unspecified atom stereocenters. The third-order valence-electron chi connectivity index (χ3n) is 2.29. The first-order valence-corrected chi connectivity index (χ1v) is 7.05. The van der Waals surface area contributed by atoms with Crippen LogP contribution in [0.3, 0.4) is 0 Å². The summed E-state index contributed by atoms with van der Waals surface area (Å²) in [5.41, 5.74) is 1.90. The highest BCUT2D eigenvalue weighted by Gasteiger charge is 2.06. The zero-order valence-corrected chi connectivity index (χ0v) is 12.7. The van der Waals surface area contributed by atoms with Gasteiger partial charge in [0.1, 0.15) is 0 Å². The molecule has 1 heterocycles. The lowest BCUT2D eigenvalue weighted by molar-refractivity contribution is 0.288. The molecule has 0 aliphatic carbocycles. The van der Waals surface area contributed by atoms with E-state index in [0.717, 1.165) is 25.8 Å². The van der Waals surface area contributed by atoms with Gasteiger partial charge in [-0.15, -0.1) is 5.10 Å². The molecule has 90 valence electrons. The molecule has 4 nitrogen and oxygen atoms in total. The number of aliphatic hydroxyl groups is 1. The Morgan fingerprint density at radius 1 is 1.41 bits per heavy atom. The first-order valence-electron chi connectivity index (χ1n) is 5.18. The van der Waals surface area contributed by atoms with Crippen LogP contribution >= 0.6 is 38.5 Å². The van der Waals surface area contributed by atoms with Crippen molar-refractivity contribution in [2.24, 2.45) is 0 Å². The second-order valence-corrected chi connectivity index (χ2v) is 5.66. The minimum Gasteiger partial charge on any atom is -0.396 e. The smallest absolute Gasteiger partial charge is 0.0832 e. The maximum atomic E-state index is 8.77. The van der Waals surface area contributed by atoms with Crippen molar-refractivity contribution in [1.29, 1.82) is 0 Å². The second-order valence-electron chi connectivity index (χ2n) is 3.58. The van der Waals surface area contributed by atoms with E-state index in [9.17, 15) is 0 Å². The number of aromatic nitrogens is 3. The van der Waals surface area contributed by atoms with E-state index >= 15 is 0 Å². The molecule has 17 heavy (non-hydrogen) atoms. The van der Waals surface area contributed by atoms with Crippen molar-refractivity contribution >= 4 is 38.5 Å². The summed E-state index contributed by atoms with van der Waals surface area (Å²) >= 11 is 5.71. The van der Waals surface area contributed by atoms with Gasteiger partial charge < -0.3 is 5.11 Å². The van der Waals surface area contributed by atoms with Gasteiger partial charge in [-0.05, 0) is 53.6 Å². The normalized spacial score (nSPS) is 10.8. The molecule has 0 spiro atoms. The van der Waals surface area contributed by atoms with Crippen LogP contribution in [0.15, 0.2) is 28.9 Å². The van der Waals surface area contributed by atoms with Gasteiger partial charge in [-0.25, -0.2) is 4.68 Å². The van der Waals surface area contributed by atoms with Crippen LogP contribution < -0.4 is 0 Å². The quantitative estimate of drug-likeness (QED) is 0.792. The summed E-state index contributed by atoms with van der Waals surface area (Å²) in [6.07, 6.45) is 3.37. The molecule has 1 N–H and O–H groups in total. The maximum absolute atomic E-state index is 8.77. The number of hydrogen-bond donors (Lipinski definition) is 1. The largest absolute Gasteiger partial charge is 0.396 e. The van der Waals surface area contributed by atoms with E-state index in [2.05, 4.69) is 48.8 Å². The van der Waals surface area contributed by atoms with Crippen LogP contribution in [0, 0.1) is 3.57 Å². The zero-order chi connectivity index (χ0) is 12.3. The molecule has 0 amide bonds. The predicted octanol–water partition coefficient (Wildman–Crippen LogP) is 2.56. The Labute approximate surface area is 121 Å². The van der Waals surface area contributed by atoms with E-state index in [4.69, 9.17) is 5.11 Å². The fourth-order valence-corrected chi connectivity index (χ4v) is 2.38. The number of rotatable bonds is 4. The summed E-state index contributed by atoms with van der Waals surface area (Å²) < 4.78 is 3.89. The summed E-state index contributed by atoms with van der Waals surface area (Å²) in [4.78, 5) is 0. The lowest BCUT2D eigenvalue weighted by atomic mass is 10.2. The van der Waals surface area contributed by atoms with Gasteiger partial charge in [-0.1, -0.05) is 21.1 Å². The molecule has 2 aromatic rings. The minimum atomic E-state index is 0.182. The summed E-state index contributed by atoms with van der Waals surface area (Å²) in [6.45, 7) is 0.182. The minimum absolute atomic E-state index is 0.182. The van der Waals surface area contributed by atoms with E-state index in [-0.39, 0.29) is 6.61 Å². The van der Waals surface area contributed by atoms with Gasteiger partial charge in [0.2, 0.25) is 0 Å². The van der Waals surface area contributed by atoms with Gasteiger partial charge in [0.25, 0.3) is 0 Å². The first-order chi connectivity index (χ1) is 8.20. The average molecular weight is 408 g/mol. The van der Waals surface area contributed by atoms with Crippen molar-refractivity contribution < 1.29 is 5.11 Å². The summed E-state index contributed by atoms with van der Waals surface area (Å²) in [6, 6.07) is 6.02. The van der Waals surface area contributed by atoms with Crippen LogP contribution in [-0.4, -0.2) is 26.7 Å². The van der Waals surface area contributed by atoms with Crippen LogP contribution in [-0.2, 0) is 6.42 Å². The van der Waals surface area contributed by atoms with E-state index < -0.39 is 0 Å². The number of aliphatic hydroxyl groups excluding tert-OH is 1. The molecule has 0 saturated carbocycles. The molecule has 1 aromatic carbocycles. The van der Waals surface area contributed by atoms with E-state index in [0.29, 0.717) is 6.42 Å². The Kier molecular flexibility index (Phi) is 4.52. The van der Waals surface area contributed by atoms with E-state index in [1.54, 1.807) is 4.68 Å². The third kappa shape index (κ3) is 3.26. The molecular formula is C11H11BrIN3O. The lowest BCUT2D eigenvalue weighted by Gasteiger charge is -2.03. The maximum Gasteiger partial charge on any atom is 0.0832 e. The molecule has 2 rings (SSSR count). The fraction of sp³-hybridized carbons (Fsp3) is 0.273. The molecular weight excluding hydrogens is 397 g/mol. The van der Waals surface area contributed by atoms with Crippen LogP contribution in [0.5, 0.6) is 0 Å². The van der Waals surface area contributed by atoms with Gasteiger partial charge >= 0.3 is 0 Å². The van der Waals surface area contributed by atoms with Crippen molar-refractivity contribution in [3.8, 4) is 5.69 Å². The molecule has 0 bridgehead atoms. The molecule has 0 saturated heterocycles. The SMILES string of the molecule is OCCCc1cn(-c2cc(Br)ccc2I)nn1.